The Bertz CT molecular complexity index is 2130. The van der Waals surface area contributed by atoms with E-state index in [-0.39, 0.29) is 75.4 Å². The van der Waals surface area contributed by atoms with Gasteiger partial charge in [0, 0.05) is 56.7 Å². The third-order valence-electron chi connectivity index (χ3n) is 12.0. The lowest BCUT2D eigenvalue weighted by Crippen LogP contribution is -2.44. The number of nitrogen functional groups attached to an aromatic ring is 1. The number of hydrogen-bond acceptors (Lipinski definition) is 12. The molecule has 8 heterocycles. The average molecular weight is 735 g/mol. The van der Waals surface area contributed by atoms with Gasteiger partial charge in [-0.3, -0.25) is 14.8 Å². The Kier molecular flexibility index (Phi) is 8.46. The maximum atomic E-state index is 17.6. The van der Waals surface area contributed by atoms with Crippen LogP contribution in [-0.2, 0) is 22.7 Å². The number of hydrogen-bond donors (Lipinski definition) is 1. The molecule has 274 valence electrons. The minimum absolute atomic E-state index is 0.0218. The number of aromatic nitrogens is 3. The SMILES string of the molecule is CO[C@H](C)CN1CCC2CC(C1)N(c1nc(OC[C@@]34CCCN3C[C@H](F)C4)nc3c(F)c(-c4ncc(F)c5sc(N)c(C#N)c45)c4c(c13)COC4)C2. The summed E-state index contributed by atoms with van der Waals surface area (Å²) in [7, 11) is 1.73. The summed E-state index contributed by atoms with van der Waals surface area (Å²) in [5.41, 5.74) is 7.31. The van der Waals surface area contributed by atoms with Gasteiger partial charge >= 0.3 is 6.01 Å². The molecular weight excluding hydrogens is 694 g/mol. The van der Waals surface area contributed by atoms with Gasteiger partial charge in [0.15, 0.2) is 11.6 Å². The Morgan fingerprint density at radius 2 is 2.02 bits per heavy atom. The van der Waals surface area contributed by atoms with Crippen molar-refractivity contribution in [1.82, 2.24) is 24.8 Å². The van der Waals surface area contributed by atoms with E-state index in [0.29, 0.717) is 35.7 Å². The third kappa shape index (κ3) is 5.40. The fraction of sp³-hybridized carbons (Fsp3) is 0.568. The maximum Gasteiger partial charge on any atom is 0.319 e. The van der Waals surface area contributed by atoms with E-state index in [1.807, 2.05) is 0 Å². The van der Waals surface area contributed by atoms with E-state index in [2.05, 4.69) is 32.7 Å². The fourth-order valence-electron chi connectivity index (χ4n) is 9.56. The number of methoxy groups -OCH3 is 1. The highest BCUT2D eigenvalue weighted by Crippen LogP contribution is 2.48. The van der Waals surface area contributed by atoms with E-state index < -0.39 is 23.3 Å². The first-order valence-electron chi connectivity index (χ1n) is 18.1. The summed E-state index contributed by atoms with van der Waals surface area (Å²) in [6, 6.07) is 2.21. The number of halogens is 3. The predicted molar refractivity (Wildman–Crippen MR) is 191 cm³/mol. The van der Waals surface area contributed by atoms with Crippen LogP contribution in [0.25, 0.3) is 32.2 Å². The highest BCUT2D eigenvalue weighted by Gasteiger charge is 2.49. The number of nitrogens with two attached hydrogens (primary N) is 1. The van der Waals surface area contributed by atoms with Crippen LogP contribution in [0.2, 0.25) is 0 Å². The normalized spacial score (nSPS) is 26.6. The average Bonchev–Trinajstić information content (AvgIpc) is 3.93. The van der Waals surface area contributed by atoms with Crippen molar-refractivity contribution in [3.63, 3.8) is 0 Å². The molecular formula is C37H41F3N8O3S. The van der Waals surface area contributed by atoms with Crippen LogP contribution in [0.3, 0.4) is 0 Å². The molecule has 9 rings (SSSR count). The van der Waals surface area contributed by atoms with Crippen molar-refractivity contribution in [2.45, 2.75) is 76.1 Å². The summed E-state index contributed by atoms with van der Waals surface area (Å²) in [6.07, 6.45) is 4.32. The second-order valence-corrected chi connectivity index (χ2v) is 16.2. The van der Waals surface area contributed by atoms with Crippen molar-refractivity contribution in [1.29, 1.82) is 5.26 Å². The van der Waals surface area contributed by atoms with Crippen LogP contribution < -0.4 is 15.4 Å². The standard InChI is InChI=1S/C37H41F3N8O3S/c1-19(49-2)12-46-7-4-20-8-22(15-46)48(13-20)35-29-25-17-50-16-24(25)27(31-28-23(10-41)34(42)52-33(28)26(39)11-43-31)30(40)32(29)44-36(45-35)51-18-37-5-3-6-47(37)14-21(38)9-37/h11,19-22H,3-9,12-18,42H2,1-2H3/t19-,20?,21-,22?,37+/m1/s1. The molecule has 15 heteroatoms. The molecule has 4 fully saturated rings. The number of alkyl halides is 1. The molecule has 2 unspecified atom stereocenters. The predicted octanol–water partition coefficient (Wildman–Crippen LogP) is 5.56. The van der Waals surface area contributed by atoms with Gasteiger partial charge in [0.25, 0.3) is 0 Å². The molecule has 0 radical (unpaired) electrons. The number of nitriles is 1. The molecule has 3 aromatic heterocycles. The molecule has 0 spiro atoms. The molecule has 4 saturated heterocycles. The highest BCUT2D eigenvalue weighted by molar-refractivity contribution is 7.23. The maximum absolute atomic E-state index is 17.6. The van der Waals surface area contributed by atoms with Gasteiger partial charge < -0.3 is 24.8 Å². The van der Waals surface area contributed by atoms with Crippen LogP contribution >= 0.6 is 11.3 Å². The van der Waals surface area contributed by atoms with E-state index in [0.717, 1.165) is 81.5 Å². The summed E-state index contributed by atoms with van der Waals surface area (Å²) in [6.45, 7) is 7.06. The van der Waals surface area contributed by atoms with E-state index in [4.69, 9.17) is 29.9 Å². The molecule has 2 N–H and O–H groups in total. The number of anilines is 2. The Morgan fingerprint density at radius 3 is 2.85 bits per heavy atom. The first-order chi connectivity index (χ1) is 25.2. The van der Waals surface area contributed by atoms with Gasteiger partial charge in [-0.25, -0.2) is 13.2 Å². The Morgan fingerprint density at radius 1 is 1.17 bits per heavy atom. The number of rotatable bonds is 8. The van der Waals surface area contributed by atoms with E-state index in [1.165, 1.54) is 0 Å². The number of fused-ring (bicyclic) bond motifs is 7. The van der Waals surface area contributed by atoms with E-state index >= 15 is 8.78 Å². The summed E-state index contributed by atoms with van der Waals surface area (Å²) in [5, 5.41) is 10.9. The van der Waals surface area contributed by atoms with Gasteiger partial charge in [0.2, 0.25) is 0 Å². The number of nitrogens with zero attached hydrogens (tertiary/aromatic N) is 7. The minimum atomic E-state index is -0.930. The largest absolute Gasteiger partial charge is 0.461 e. The monoisotopic (exact) mass is 734 g/mol. The van der Waals surface area contributed by atoms with Gasteiger partial charge in [-0.15, -0.1) is 11.3 Å². The summed E-state index contributed by atoms with van der Waals surface area (Å²) < 4.78 is 65.5. The van der Waals surface area contributed by atoms with Crippen LogP contribution in [0.5, 0.6) is 6.01 Å². The zero-order valence-corrected chi connectivity index (χ0v) is 30.1. The Hall–Kier alpha value is -3.81. The summed E-state index contributed by atoms with van der Waals surface area (Å²) >= 11 is 0.936. The summed E-state index contributed by atoms with van der Waals surface area (Å²) in [5.74, 6) is -0.306. The number of benzene rings is 1. The molecule has 0 aliphatic carbocycles. The number of thiophene rings is 1. The zero-order chi connectivity index (χ0) is 35.9. The third-order valence-corrected chi connectivity index (χ3v) is 13.1. The van der Waals surface area contributed by atoms with Crippen LogP contribution in [0.1, 0.15) is 55.7 Å². The van der Waals surface area contributed by atoms with Crippen LogP contribution in [0, 0.1) is 28.9 Å². The van der Waals surface area contributed by atoms with E-state index in [1.54, 1.807) is 7.11 Å². The van der Waals surface area contributed by atoms with Crippen molar-refractivity contribution in [3.05, 3.63) is 34.5 Å². The molecule has 52 heavy (non-hydrogen) atoms. The topological polar surface area (TPSA) is 126 Å². The second-order valence-electron chi connectivity index (χ2n) is 15.2. The van der Waals surface area contributed by atoms with Crippen LogP contribution in [-0.4, -0.2) is 102 Å². The lowest BCUT2D eigenvalue weighted by Gasteiger charge is -2.34. The van der Waals surface area contributed by atoms with Crippen molar-refractivity contribution < 1.29 is 27.4 Å². The molecule has 5 aliphatic heterocycles. The quantitative estimate of drug-likeness (QED) is 0.245. The smallest absolute Gasteiger partial charge is 0.319 e. The second kappa shape index (κ2) is 12.9. The van der Waals surface area contributed by atoms with Gasteiger partial charge in [0.05, 0.1) is 52.4 Å². The fourth-order valence-corrected chi connectivity index (χ4v) is 10.5. The minimum Gasteiger partial charge on any atom is -0.461 e. The molecule has 5 aliphatic rings. The molecule has 4 aromatic rings. The molecule has 5 atom stereocenters. The number of likely N-dealkylation sites (tertiary alicyclic amines) is 1. The zero-order valence-electron chi connectivity index (χ0n) is 29.3. The van der Waals surface area contributed by atoms with Gasteiger partial charge in [0.1, 0.15) is 35.2 Å². The number of pyridine rings is 1. The molecule has 1 aromatic carbocycles. The van der Waals surface area contributed by atoms with Crippen LogP contribution in [0.15, 0.2) is 6.20 Å². The van der Waals surface area contributed by atoms with Crippen molar-refractivity contribution in [2.75, 3.05) is 63.6 Å². The van der Waals surface area contributed by atoms with Crippen LogP contribution in [0.4, 0.5) is 24.0 Å². The molecule has 0 saturated carbocycles. The van der Waals surface area contributed by atoms with E-state index in [9.17, 15) is 9.65 Å². The molecule has 2 bridgehead atoms. The van der Waals surface area contributed by atoms with Crippen molar-refractivity contribution in [2.24, 2.45) is 5.92 Å². The first kappa shape index (κ1) is 34.0. The molecule has 11 nitrogen and oxygen atoms in total. The van der Waals surface area contributed by atoms with Gasteiger partial charge in [-0.1, -0.05) is 0 Å². The van der Waals surface area contributed by atoms with Gasteiger partial charge in [-0.2, -0.15) is 15.2 Å². The van der Waals surface area contributed by atoms with Gasteiger partial charge in [-0.05, 0) is 62.7 Å². The lowest BCUT2D eigenvalue weighted by molar-refractivity contribution is 0.0754. The summed E-state index contributed by atoms with van der Waals surface area (Å²) in [4.78, 5) is 21.1. The van der Waals surface area contributed by atoms with Crippen molar-refractivity contribution in [3.8, 4) is 23.3 Å². The number of ether oxygens (including phenoxy) is 3. The molecule has 0 amide bonds. The lowest BCUT2D eigenvalue weighted by atomic mass is 9.93. The van der Waals surface area contributed by atoms with Crippen molar-refractivity contribution >= 4 is 43.1 Å². The Labute approximate surface area is 303 Å². The Balaban J connectivity index is 1.22. The first-order valence-corrected chi connectivity index (χ1v) is 18.9. The highest BCUT2D eigenvalue weighted by atomic mass is 32.1.